The number of rotatable bonds is 8. The molecule has 2 aromatic heterocycles. The maximum atomic E-state index is 12.3. The molecule has 0 bridgehead atoms. The highest BCUT2D eigenvalue weighted by Crippen LogP contribution is 2.21. The van der Waals surface area contributed by atoms with E-state index >= 15 is 0 Å². The van der Waals surface area contributed by atoms with Crippen LogP contribution in [-0.4, -0.2) is 31.0 Å². The first-order chi connectivity index (χ1) is 9.99. The molecular weight excluding hydrogens is 308 g/mol. The minimum Gasteiger partial charge on any atom is -0.348 e. The highest BCUT2D eigenvalue weighted by Gasteiger charge is 2.19. The Morgan fingerprint density at radius 3 is 2.90 bits per heavy atom. The van der Waals surface area contributed by atoms with E-state index in [4.69, 9.17) is 0 Å². The molecule has 2 aromatic rings. The van der Waals surface area contributed by atoms with Crippen molar-refractivity contribution in [2.75, 3.05) is 6.54 Å². The lowest BCUT2D eigenvalue weighted by Gasteiger charge is -2.10. The van der Waals surface area contributed by atoms with Gasteiger partial charge in [-0.2, -0.15) is 0 Å². The first-order valence-corrected chi connectivity index (χ1v) is 9.12. The van der Waals surface area contributed by atoms with Gasteiger partial charge in [0.1, 0.15) is 0 Å². The van der Waals surface area contributed by atoms with Crippen molar-refractivity contribution in [3.05, 3.63) is 34.5 Å². The molecule has 0 amide bonds. The summed E-state index contributed by atoms with van der Waals surface area (Å²) in [5, 5.41) is 5.05. The quantitative estimate of drug-likeness (QED) is 0.685. The van der Waals surface area contributed by atoms with Crippen molar-refractivity contribution in [1.29, 1.82) is 0 Å². The Morgan fingerprint density at radius 1 is 1.43 bits per heavy atom. The summed E-state index contributed by atoms with van der Waals surface area (Å²) >= 11 is 1.45. The Bertz CT molecular complexity index is 648. The second-order valence-electron chi connectivity index (χ2n) is 4.97. The molecule has 0 aliphatic rings. The summed E-state index contributed by atoms with van der Waals surface area (Å²) in [7, 11) is -3.46. The molecule has 0 saturated heterocycles. The molecule has 0 spiro atoms. The largest absolute Gasteiger partial charge is 0.348 e. The zero-order chi connectivity index (χ0) is 15.3. The first kappa shape index (κ1) is 16.2. The normalized spacial score (nSPS) is 12.1. The van der Waals surface area contributed by atoms with Gasteiger partial charge in [0, 0.05) is 42.3 Å². The van der Waals surface area contributed by atoms with Crippen LogP contribution in [0.1, 0.15) is 24.4 Å². The molecule has 0 aromatic carbocycles. The van der Waals surface area contributed by atoms with E-state index in [1.165, 1.54) is 11.3 Å². The van der Waals surface area contributed by atoms with Crippen LogP contribution in [0.2, 0.25) is 0 Å². The van der Waals surface area contributed by atoms with Crippen LogP contribution >= 0.6 is 11.3 Å². The minimum absolute atomic E-state index is 0.316. The Labute approximate surface area is 129 Å². The van der Waals surface area contributed by atoms with E-state index in [-0.39, 0.29) is 0 Å². The molecule has 0 unspecified atom stereocenters. The zero-order valence-corrected chi connectivity index (χ0v) is 13.7. The number of H-pyrrole nitrogens is 1. The van der Waals surface area contributed by atoms with E-state index < -0.39 is 10.0 Å². The number of aromatic amines is 1. The van der Waals surface area contributed by atoms with Gasteiger partial charge in [-0.25, -0.2) is 18.1 Å². The van der Waals surface area contributed by atoms with E-state index in [0.29, 0.717) is 30.4 Å². The predicted molar refractivity (Wildman–Crippen MR) is 83.8 cm³/mol. The van der Waals surface area contributed by atoms with Crippen molar-refractivity contribution in [1.82, 2.24) is 20.0 Å². The number of nitrogens with zero attached hydrogens (tertiary/aromatic N) is 1. The SMILES string of the molecule is CC(C)NCc1sccc1S(=O)(=O)NCCc1cnc[nH]1. The summed E-state index contributed by atoms with van der Waals surface area (Å²) in [5.74, 6) is 0. The molecule has 0 aliphatic heterocycles. The fraction of sp³-hybridized carbons (Fsp3) is 0.462. The topological polar surface area (TPSA) is 86.9 Å². The molecule has 116 valence electrons. The molecular formula is C13H20N4O2S2. The number of nitrogens with one attached hydrogen (secondary N) is 3. The smallest absolute Gasteiger partial charge is 0.241 e. The molecule has 2 heterocycles. The van der Waals surface area contributed by atoms with E-state index in [2.05, 4.69) is 20.0 Å². The fourth-order valence-electron chi connectivity index (χ4n) is 1.81. The summed E-state index contributed by atoms with van der Waals surface area (Å²) in [6, 6.07) is 1.97. The lowest BCUT2D eigenvalue weighted by atomic mass is 10.3. The average Bonchev–Trinajstić information content (AvgIpc) is 3.07. The third-order valence-electron chi connectivity index (χ3n) is 2.91. The lowest BCUT2D eigenvalue weighted by molar-refractivity contribution is 0.571. The van der Waals surface area contributed by atoms with Gasteiger partial charge < -0.3 is 10.3 Å². The van der Waals surface area contributed by atoms with Gasteiger partial charge in [-0.1, -0.05) is 13.8 Å². The van der Waals surface area contributed by atoms with E-state index in [1.807, 2.05) is 13.8 Å². The third-order valence-corrected chi connectivity index (χ3v) is 5.50. The van der Waals surface area contributed by atoms with Crippen LogP contribution in [-0.2, 0) is 23.0 Å². The third kappa shape index (κ3) is 4.63. The van der Waals surface area contributed by atoms with Gasteiger partial charge in [-0.3, -0.25) is 0 Å². The van der Waals surface area contributed by atoms with Crippen molar-refractivity contribution < 1.29 is 8.42 Å². The number of sulfonamides is 1. The zero-order valence-electron chi connectivity index (χ0n) is 12.1. The number of hydrogen-bond donors (Lipinski definition) is 3. The van der Waals surface area contributed by atoms with E-state index in [1.54, 1.807) is 24.0 Å². The van der Waals surface area contributed by atoms with Crippen LogP contribution in [0.15, 0.2) is 28.9 Å². The van der Waals surface area contributed by atoms with Gasteiger partial charge in [0.2, 0.25) is 10.0 Å². The summed E-state index contributed by atoms with van der Waals surface area (Å²) in [6.07, 6.45) is 3.86. The van der Waals surface area contributed by atoms with Crippen LogP contribution in [0.25, 0.3) is 0 Å². The summed E-state index contributed by atoms with van der Waals surface area (Å²) in [5.41, 5.74) is 0.907. The van der Waals surface area contributed by atoms with Gasteiger partial charge >= 0.3 is 0 Å². The van der Waals surface area contributed by atoms with Gasteiger partial charge in [-0.15, -0.1) is 11.3 Å². The number of hydrogen-bond acceptors (Lipinski definition) is 5. The van der Waals surface area contributed by atoms with Gasteiger partial charge in [-0.05, 0) is 11.4 Å². The van der Waals surface area contributed by atoms with Crippen molar-refractivity contribution in [2.45, 2.75) is 37.8 Å². The lowest BCUT2D eigenvalue weighted by Crippen LogP contribution is -2.28. The highest BCUT2D eigenvalue weighted by molar-refractivity contribution is 7.89. The Morgan fingerprint density at radius 2 is 2.24 bits per heavy atom. The maximum Gasteiger partial charge on any atom is 0.241 e. The van der Waals surface area contributed by atoms with Crippen molar-refractivity contribution in [3.8, 4) is 0 Å². The second kappa shape index (κ2) is 7.17. The molecule has 6 nitrogen and oxygen atoms in total. The number of imidazole rings is 1. The molecule has 2 rings (SSSR count). The average molecular weight is 328 g/mol. The Balaban J connectivity index is 1.97. The summed E-state index contributed by atoms with van der Waals surface area (Å²) in [4.78, 5) is 8.05. The standard InChI is InChI=1S/C13H20N4O2S2/c1-10(2)15-8-12-13(4-6-20-12)21(18,19)17-5-3-11-7-14-9-16-11/h4,6-7,9-10,15,17H,3,5,8H2,1-2H3,(H,14,16). The van der Waals surface area contributed by atoms with Gasteiger partial charge in [0.25, 0.3) is 0 Å². The molecule has 21 heavy (non-hydrogen) atoms. The van der Waals surface area contributed by atoms with Crippen LogP contribution < -0.4 is 10.0 Å². The first-order valence-electron chi connectivity index (χ1n) is 6.75. The highest BCUT2D eigenvalue weighted by atomic mass is 32.2. The Kier molecular flexibility index (Phi) is 5.51. The van der Waals surface area contributed by atoms with Crippen molar-refractivity contribution >= 4 is 21.4 Å². The molecule has 3 N–H and O–H groups in total. The molecule has 0 saturated carbocycles. The van der Waals surface area contributed by atoms with Crippen molar-refractivity contribution in [2.24, 2.45) is 0 Å². The molecule has 8 heteroatoms. The monoisotopic (exact) mass is 328 g/mol. The Hall–Kier alpha value is -1.22. The van der Waals surface area contributed by atoms with Crippen molar-refractivity contribution in [3.63, 3.8) is 0 Å². The molecule has 0 atom stereocenters. The molecule has 0 fully saturated rings. The van der Waals surface area contributed by atoms with Crippen LogP contribution in [0.4, 0.5) is 0 Å². The summed E-state index contributed by atoms with van der Waals surface area (Å²) in [6.45, 7) is 4.97. The molecule has 0 aliphatic carbocycles. The van der Waals surface area contributed by atoms with Crippen LogP contribution in [0, 0.1) is 0 Å². The predicted octanol–water partition coefficient (Wildman–Crippen LogP) is 1.49. The van der Waals surface area contributed by atoms with E-state index in [9.17, 15) is 8.42 Å². The fourth-order valence-corrected chi connectivity index (χ4v) is 4.24. The number of aromatic nitrogens is 2. The second-order valence-corrected chi connectivity index (χ2v) is 7.70. The van der Waals surface area contributed by atoms with Crippen LogP contribution in [0.3, 0.4) is 0 Å². The van der Waals surface area contributed by atoms with Gasteiger partial charge in [0.15, 0.2) is 0 Å². The number of thiophene rings is 1. The minimum atomic E-state index is -3.46. The van der Waals surface area contributed by atoms with E-state index in [0.717, 1.165) is 10.6 Å². The maximum absolute atomic E-state index is 12.3. The summed E-state index contributed by atoms with van der Waals surface area (Å²) < 4.78 is 27.3. The van der Waals surface area contributed by atoms with Crippen LogP contribution in [0.5, 0.6) is 0 Å². The molecule has 0 radical (unpaired) electrons. The van der Waals surface area contributed by atoms with Gasteiger partial charge in [0.05, 0.1) is 11.2 Å².